The molecule has 0 rings (SSSR count). The zero-order chi connectivity index (χ0) is 8.91. The van der Waals surface area contributed by atoms with Crippen LogP contribution < -0.4 is 0 Å². The summed E-state index contributed by atoms with van der Waals surface area (Å²) >= 11 is 0. The topological polar surface area (TPSA) is 46.5 Å². The Kier molecular flexibility index (Phi) is 4.98. The van der Waals surface area contributed by atoms with E-state index in [1.54, 1.807) is 13.8 Å². The van der Waals surface area contributed by atoms with Gasteiger partial charge in [0.1, 0.15) is 0 Å². The smallest absolute Gasteiger partial charge is 0.324 e. The van der Waals surface area contributed by atoms with Gasteiger partial charge in [0.05, 0.1) is 6.10 Å². The molecule has 0 aliphatic carbocycles. The van der Waals surface area contributed by atoms with Crippen molar-refractivity contribution < 1.29 is 14.0 Å². The molecule has 0 radical (unpaired) electrons. The minimum absolute atomic E-state index is 0.164. The minimum atomic E-state index is -3.27. The average molecular weight is 180 g/mol. The van der Waals surface area contributed by atoms with E-state index in [4.69, 9.17) is 9.42 Å². The first kappa shape index (κ1) is 11.2. The molecule has 0 saturated carbocycles. The second kappa shape index (κ2) is 4.91. The SMILES string of the molecule is CCCCP(=O)(O)OC(C)C. The van der Waals surface area contributed by atoms with Gasteiger partial charge in [0.2, 0.25) is 0 Å². The molecule has 3 nitrogen and oxygen atoms in total. The van der Waals surface area contributed by atoms with Gasteiger partial charge in [0.25, 0.3) is 0 Å². The molecular weight excluding hydrogens is 163 g/mol. The molecule has 0 aromatic heterocycles. The lowest BCUT2D eigenvalue weighted by Crippen LogP contribution is -2.02. The number of unbranched alkanes of at least 4 members (excludes halogenated alkanes) is 1. The first-order chi connectivity index (χ1) is 4.98. The first-order valence-corrected chi connectivity index (χ1v) is 5.74. The lowest BCUT2D eigenvalue weighted by Gasteiger charge is -2.13. The summed E-state index contributed by atoms with van der Waals surface area (Å²) in [6, 6.07) is 0. The fourth-order valence-electron chi connectivity index (χ4n) is 0.740. The summed E-state index contributed by atoms with van der Waals surface area (Å²) in [5.41, 5.74) is 0. The molecule has 0 spiro atoms. The molecule has 0 aromatic rings. The number of hydrogen-bond acceptors (Lipinski definition) is 2. The van der Waals surface area contributed by atoms with Crippen LogP contribution in [0.5, 0.6) is 0 Å². The van der Waals surface area contributed by atoms with E-state index in [1.807, 2.05) is 6.92 Å². The molecule has 1 N–H and O–H groups in total. The number of rotatable bonds is 5. The second-order valence-electron chi connectivity index (χ2n) is 2.87. The molecule has 0 amide bonds. The Balaban J connectivity index is 3.71. The summed E-state index contributed by atoms with van der Waals surface area (Å²) < 4.78 is 16.0. The van der Waals surface area contributed by atoms with E-state index in [1.165, 1.54) is 0 Å². The standard InChI is InChI=1S/C7H17O3P/c1-4-5-6-11(8,9)10-7(2)3/h7H,4-6H2,1-3H3,(H,8,9). The van der Waals surface area contributed by atoms with E-state index in [0.29, 0.717) is 0 Å². The molecule has 0 aromatic carbocycles. The van der Waals surface area contributed by atoms with Crippen LogP contribution in [0.4, 0.5) is 0 Å². The van der Waals surface area contributed by atoms with Gasteiger partial charge in [0, 0.05) is 6.16 Å². The van der Waals surface area contributed by atoms with Gasteiger partial charge in [0.15, 0.2) is 0 Å². The maximum Gasteiger partial charge on any atom is 0.328 e. The fourth-order valence-corrected chi connectivity index (χ4v) is 2.22. The molecule has 0 saturated heterocycles. The van der Waals surface area contributed by atoms with Crippen molar-refractivity contribution in [1.82, 2.24) is 0 Å². The third-order valence-electron chi connectivity index (χ3n) is 1.17. The van der Waals surface area contributed by atoms with E-state index >= 15 is 0 Å². The van der Waals surface area contributed by atoms with Gasteiger partial charge in [-0.15, -0.1) is 0 Å². The van der Waals surface area contributed by atoms with Crippen molar-refractivity contribution in [1.29, 1.82) is 0 Å². The van der Waals surface area contributed by atoms with E-state index in [2.05, 4.69) is 0 Å². The summed E-state index contributed by atoms with van der Waals surface area (Å²) in [4.78, 5) is 9.15. The lowest BCUT2D eigenvalue weighted by atomic mass is 10.4. The van der Waals surface area contributed by atoms with Gasteiger partial charge >= 0.3 is 7.60 Å². The number of hydrogen-bond donors (Lipinski definition) is 1. The van der Waals surface area contributed by atoms with Crippen molar-refractivity contribution in [3.63, 3.8) is 0 Å². The Morgan fingerprint density at radius 2 is 2.09 bits per heavy atom. The van der Waals surface area contributed by atoms with E-state index in [9.17, 15) is 4.57 Å². The zero-order valence-electron chi connectivity index (χ0n) is 7.41. The van der Waals surface area contributed by atoms with Crippen molar-refractivity contribution in [3.8, 4) is 0 Å². The highest BCUT2D eigenvalue weighted by molar-refractivity contribution is 7.52. The van der Waals surface area contributed by atoms with Crippen LogP contribution in [0.2, 0.25) is 0 Å². The van der Waals surface area contributed by atoms with Gasteiger partial charge in [-0.05, 0) is 20.3 Å². The van der Waals surface area contributed by atoms with Crippen LogP contribution >= 0.6 is 7.60 Å². The summed E-state index contributed by atoms with van der Waals surface area (Å²) in [7, 11) is -3.27. The maximum atomic E-state index is 11.1. The van der Waals surface area contributed by atoms with Crippen LogP contribution in [0.3, 0.4) is 0 Å². The van der Waals surface area contributed by atoms with Crippen molar-refractivity contribution in [3.05, 3.63) is 0 Å². The minimum Gasteiger partial charge on any atom is -0.324 e. The van der Waals surface area contributed by atoms with Crippen LogP contribution in [0, 0.1) is 0 Å². The van der Waals surface area contributed by atoms with E-state index in [0.717, 1.165) is 12.8 Å². The molecule has 0 aliphatic rings. The van der Waals surface area contributed by atoms with E-state index in [-0.39, 0.29) is 12.3 Å². The van der Waals surface area contributed by atoms with Crippen molar-refractivity contribution in [2.24, 2.45) is 0 Å². The average Bonchev–Trinajstić information content (AvgIpc) is 1.81. The summed E-state index contributed by atoms with van der Waals surface area (Å²) in [5, 5.41) is 0. The molecule has 1 unspecified atom stereocenters. The molecule has 0 fully saturated rings. The Labute approximate surface area is 68.3 Å². The highest BCUT2D eigenvalue weighted by atomic mass is 31.2. The molecule has 0 bridgehead atoms. The molecular formula is C7H17O3P. The Morgan fingerprint density at radius 1 is 1.55 bits per heavy atom. The third-order valence-corrected chi connectivity index (χ3v) is 2.80. The largest absolute Gasteiger partial charge is 0.328 e. The molecule has 0 aliphatic heterocycles. The third kappa shape index (κ3) is 6.54. The monoisotopic (exact) mass is 180 g/mol. The van der Waals surface area contributed by atoms with Gasteiger partial charge in [-0.25, -0.2) is 0 Å². The zero-order valence-corrected chi connectivity index (χ0v) is 8.30. The molecule has 11 heavy (non-hydrogen) atoms. The van der Waals surface area contributed by atoms with Gasteiger partial charge in [-0.3, -0.25) is 4.57 Å². The molecule has 68 valence electrons. The van der Waals surface area contributed by atoms with E-state index < -0.39 is 7.60 Å². The quantitative estimate of drug-likeness (QED) is 0.661. The lowest BCUT2D eigenvalue weighted by molar-refractivity contribution is 0.204. The Bertz CT molecular complexity index is 145. The summed E-state index contributed by atoms with van der Waals surface area (Å²) in [6.45, 7) is 5.50. The van der Waals surface area contributed by atoms with Crippen molar-refractivity contribution in [2.45, 2.75) is 39.7 Å². The Hall–Kier alpha value is 0.150. The van der Waals surface area contributed by atoms with Gasteiger partial charge < -0.3 is 9.42 Å². The first-order valence-electron chi connectivity index (χ1n) is 3.98. The van der Waals surface area contributed by atoms with Crippen molar-refractivity contribution >= 4 is 7.60 Å². The normalized spacial score (nSPS) is 16.8. The van der Waals surface area contributed by atoms with Gasteiger partial charge in [-0.2, -0.15) is 0 Å². The highest BCUT2D eigenvalue weighted by Crippen LogP contribution is 2.43. The predicted molar refractivity (Wildman–Crippen MR) is 45.8 cm³/mol. The highest BCUT2D eigenvalue weighted by Gasteiger charge is 2.19. The second-order valence-corrected chi connectivity index (χ2v) is 4.80. The molecule has 1 atom stereocenters. The van der Waals surface area contributed by atoms with Crippen LogP contribution in [-0.4, -0.2) is 17.2 Å². The predicted octanol–water partition coefficient (Wildman–Crippen LogP) is 2.40. The molecule has 0 heterocycles. The van der Waals surface area contributed by atoms with Crippen LogP contribution in [0.25, 0.3) is 0 Å². The summed E-state index contributed by atoms with van der Waals surface area (Å²) in [5.74, 6) is 0. The summed E-state index contributed by atoms with van der Waals surface area (Å²) in [6.07, 6.45) is 1.79. The van der Waals surface area contributed by atoms with Crippen LogP contribution in [0.1, 0.15) is 33.6 Å². The van der Waals surface area contributed by atoms with Gasteiger partial charge in [-0.1, -0.05) is 13.3 Å². The Morgan fingerprint density at radius 3 is 2.45 bits per heavy atom. The van der Waals surface area contributed by atoms with Crippen molar-refractivity contribution in [2.75, 3.05) is 6.16 Å². The van der Waals surface area contributed by atoms with Crippen LogP contribution in [-0.2, 0) is 9.09 Å². The van der Waals surface area contributed by atoms with Crippen LogP contribution in [0.15, 0.2) is 0 Å². The molecule has 4 heteroatoms. The fraction of sp³-hybridized carbons (Fsp3) is 1.00. The maximum absolute atomic E-state index is 11.1.